The molecule has 8 nitrogen and oxygen atoms in total. The minimum Gasteiger partial charge on any atom is -0.493 e. The summed E-state index contributed by atoms with van der Waals surface area (Å²) in [6.07, 6.45) is 2.29. The lowest BCUT2D eigenvalue weighted by atomic mass is 10.1. The smallest absolute Gasteiger partial charge is 0.230 e. The third-order valence-corrected chi connectivity index (χ3v) is 6.81. The van der Waals surface area contributed by atoms with Gasteiger partial charge in [0, 0.05) is 44.5 Å². The fraction of sp³-hybridized carbons (Fsp3) is 0.346. The van der Waals surface area contributed by atoms with Crippen LogP contribution in [-0.4, -0.2) is 68.6 Å². The molecular formula is C26H31N5O3S. The first-order valence-corrected chi connectivity index (χ1v) is 12.6. The van der Waals surface area contributed by atoms with E-state index in [4.69, 9.17) is 9.47 Å². The highest BCUT2D eigenvalue weighted by Gasteiger charge is 2.19. The summed E-state index contributed by atoms with van der Waals surface area (Å²) in [5.74, 6) is 2.58. The van der Waals surface area contributed by atoms with Crippen molar-refractivity contribution in [3.8, 4) is 11.5 Å². The molecule has 1 aromatic heterocycles. The SMILES string of the molecule is COc1ccc(CCNC(=O)CSc2cc(N3CCN(c4ccccc4)CC3)ncn2)cc1OC. The molecule has 2 aromatic carbocycles. The zero-order chi connectivity index (χ0) is 24.5. The first-order chi connectivity index (χ1) is 17.2. The predicted molar refractivity (Wildman–Crippen MR) is 140 cm³/mol. The third-order valence-electron chi connectivity index (χ3n) is 5.89. The van der Waals surface area contributed by atoms with Gasteiger partial charge in [-0.15, -0.1) is 0 Å². The molecule has 1 saturated heterocycles. The number of ether oxygens (including phenoxy) is 2. The second kappa shape index (κ2) is 12.3. The number of methoxy groups -OCH3 is 2. The van der Waals surface area contributed by atoms with E-state index < -0.39 is 0 Å². The number of rotatable bonds is 10. The summed E-state index contributed by atoms with van der Waals surface area (Å²) >= 11 is 1.42. The molecule has 9 heteroatoms. The fourth-order valence-corrected chi connectivity index (χ4v) is 4.68. The van der Waals surface area contributed by atoms with E-state index in [0.717, 1.165) is 42.6 Å². The van der Waals surface area contributed by atoms with Gasteiger partial charge in [-0.25, -0.2) is 9.97 Å². The summed E-state index contributed by atoms with van der Waals surface area (Å²) < 4.78 is 10.6. The van der Waals surface area contributed by atoms with Gasteiger partial charge in [-0.05, 0) is 36.2 Å². The summed E-state index contributed by atoms with van der Waals surface area (Å²) in [5, 5.41) is 3.78. The minimum atomic E-state index is -0.0212. The molecule has 0 saturated carbocycles. The maximum atomic E-state index is 12.4. The number of carbonyl (C=O) groups is 1. The monoisotopic (exact) mass is 493 g/mol. The Morgan fingerprint density at radius 3 is 2.43 bits per heavy atom. The Balaban J connectivity index is 1.21. The summed E-state index contributed by atoms with van der Waals surface area (Å²) in [6, 6.07) is 18.2. The molecule has 2 heterocycles. The van der Waals surface area contributed by atoms with Gasteiger partial charge in [0.15, 0.2) is 11.5 Å². The molecule has 0 unspecified atom stereocenters. The molecule has 0 bridgehead atoms. The number of nitrogens with zero attached hydrogens (tertiary/aromatic N) is 4. The van der Waals surface area contributed by atoms with Crippen LogP contribution in [0.1, 0.15) is 5.56 Å². The molecule has 1 aliphatic heterocycles. The second-order valence-corrected chi connectivity index (χ2v) is 9.10. The van der Waals surface area contributed by atoms with Crippen LogP contribution in [0.5, 0.6) is 11.5 Å². The number of piperazine rings is 1. The van der Waals surface area contributed by atoms with E-state index in [9.17, 15) is 4.79 Å². The van der Waals surface area contributed by atoms with E-state index in [1.165, 1.54) is 17.4 Å². The molecule has 35 heavy (non-hydrogen) atoms. The van der Waals surface area contributed by atoms with Gasteiger partial charge in [0.1, 0.15) is 17.2 Å². The van der Waals surface area contributed by atoms with Crippen molar-refractivity contribution in [2.75, 3.05) is 62.5 Å². The number of hydrogen-bond donors (Lipinski definition) is 1. The number of anilines is 2. The largest absolute Gasteiger partial charge is 0.493 e. The van der Waals surface area contributed by atoms with E-state index in [1.54, 1.807) is 20.5 Å². The molecule has 4 rings (SSSR count). The van der Waals surface area contributed by atoms with Crippen LogP contribution in [0, 0.1) is 0 Å². The van der Waals surface area contributed by atoms with Gasteiger partial charge in [-0.2, -0.15) is 0 Å². The van der Waals surface area contributed by atoms with Crippen LogP contribution in [0.25, 0.3) is 0 Å². The van der Waals surface area contributed by atoms with Crippen LogP contribution >= 0.6 is 11.8 Å². The van der Waals surface area contributed by atoms with Crippen LogP contribution in [-0.2, 0) is 11.2 Å². The first-order valence-electron chi connectivity index (χ1n) is 11.6. The lowest BCUT2D eigenvalue weighted by Gasteiger charge is -2.36. The molecule has 1 fully saturated rings. The molecule has 184 valence electrons. The fourth-order valence-electron chi connectivity index (χ4n) is 3.99. The summed E-state index contributed by atoms with van der Waals surface area (Å²) in [4.78, 5) is 25.8. The number of benzene rings is 2. The molecule has 3 aromatic rings. The Labute approximate surface area is 210 Å². The normalized spacial score (nSPS) is 13.4. The Kier molecular flexibility index (Phi) is 8.67. The Morgan fingerprint density at radius 2 is 1.69 bits per heavy atom. The van der Waals surface area contributed by atoms with E-state index in [-0.39, 0.29) is 5.91 Å². The zero-order valence-corrected chi connectivity index (χ0v) is 21.0. The van der Waals surface area contributed by atoms with Crippen molar-refractivity contribution in [2.45, 2.75) is 11.4 Å². The van der Waals surface area contributed by atoms with Crippen LogP contribution in [0.2, 0.25) is 0 Å². The molecule has 1 aliphatic rings. The first kappa shape index (κ1) is 24.7. The quantitative estimate of drug-likeness (QED) is 0.341. The van der Waals surface area contributed by atoms with Gasteiger partial charge in [-0.3, -0.25) is 4.79 Å². The molecule has 1 amide bonds. The molecule has 0 atom stereocenters. The van der Waals surface area contributed by atoms with Crippen LogP contribution in [0.3, 0.4) is 0 Å². The van der Waals surface area contributed by atoms with E-state index in [1.807, 2.05) is 30.3 Å². The predicted octanol–water partition coefficient (Wildman–Crippen LogP) is 3.27. The molecule has 0 aliphatic carbocycles. The van der Waals surface area contributed by atoms with Crippen molar-refractivity contribution in [3.05, 3.63) is 66.5 Å². The van der Waals surface area contributed by atoms with E-state index in [0.29, 0.717) is 30.2 Å². The minimum absolute atomic E-state index is 0.0212. The van der Waals surface area contributed by atoms with Gasteiger partial charge in [0.2, 0.25) is 5.91 Å². The van der Waals surface area contributed by atoms with Gasteiger partial charge in [-0.1, -0.05) is 36.0 Å². The van der Waals surface area contributed by atoms with Crippen molar-refractivity contribution < 1.29 is 14.3 Å². The number of thioether (sulfide) groups is 1. The number of amides is 1. The van der Waals surface area contributed by atoms with Gasteiger partial charge in [0.25, 0.3) is 0 Å². The van der Waals surface area contributed by atoms with Gasteiger partial charge < -0.3 is 24.6 Å². The molecule has 0 radical (unpaired) electrons. The highest BCUT2D eigenvalue weighted by atomic mass is 32.2. The maximum Gasteiger partial charge on any atom is 0.230 e. The van der Waals surface area contributed by atoms with Crippen molar-refractivity contribution >= 4 is 29.2 Å². The summed E-state index contributed by atoms with van der Waals surface area (Å²) in [5.41, 5.74) is 2.33. The van der Waals surface area contributed by atoms with Crippen molar-refractivity contribution in [2.24, 2.45) is 0 Å². The lowest BCUT2D eigenvalue weighted by molar-refractivity contribution is -0.118. The highest BCUT2D eigenvalue weighted by Crippen LogP contribution is 2.27. The van der Waals surface area contributed by atoms with Crippen molar-refractivity contribution in [1.29, 1.82) is 0 Å². The molecule has 1 N–H and O–H groups in total. The Bertz CT molecular complexity index is 1110. The van der Waals surface area contributed by atoms with Crippen LogP contribution in [0.4, 0.5) is 11.5 Å². The van der Waals surface area contributed by atoms with E-state index in [2.05, 4.69) is 49.4 Å². The van der Waals surface area contributed by atoms with Crippen molar-refractivity contribution in [1.82, 2.24) is 15.3 Å². The zero-order valence-electron chi connectivity index (χ0n) is 20.1. The standard InChI is InChI=1S/C26H31N5O3S/c1-33-22-9-8-20(16-23(22)34-2)10-11-27-25(32)18-35-26-17-24(28-19-29-26)31-14-12-30(13-15-31)21-6-4-3-5-7-21/h3-9,16-17,19H,10-15,18H2,1-2H3,(H,27,32). The van der Waals surface area contributed by atoms with Crippen LogP contribution < -0.4 is 24.6 Å². The number of para-hydroxylation sites is 1. The summed E-state index contributed by atoms with van der Waals surface area (Å²) in [6.45, 7) is 4.23. The average molecular weight is 494 g/mol. The van der Waals surface area contributed by atoms with E-state index >= 15 is 0 Å². The number of hydrogen-bond acceptors (Lipinski definition) is 8. The Hall–Kier alpha value is -3.46. The number of aromatic nitrogens is 2. The van der Waals surface area contributed by atoms with Crippen molar-refractivity contribution in [3.63, 3.8) is 0 Å². The molecule has 0 spiro atoms. The van der Waals surface area contributed by atoms with Crippen LogP contribution in [0.15, 0.2) is 66.0 Å². The van der Waals surface area contributed by atoms with Gasteiger partial charge in [0.05, 0.1) is 20.0 Å². The average Bonchev–Trinajstić information content (AvgIpc) is 2.92. The topological polar surface area (TPSA) is 79.8 Å². The third kappa shape index (κ3) is 6.79. The maximum absolute atomic E-state index is 12.4. The molecular weight excluding hydrogens is 462 g/mol. The number of nitrogens with one attached hydrogen (secondary N) is 1. The Morgan fingerprint density at radius 1 is 0.943 bits per heavy atom. The lowest BCUT2D eigenvalue weighted by Crippen LogP contribution is -2.46. The number of carbonyl (C=O) groups excluding carboxylic acids is 1. The van der Waals surface area contributed by atoms with Gasteiger partial charge >= 0.3 is 0 Å². The second-order valence-electron chi connectivity index (χ2n) is 8.10. The highest BCUT2D eigenvalue weighted by molar-refractivity contribution is 7.99. The summed E-state index contributed by atoms with van der Waals surface area (Å²) in [7, 11) is 3.23.